The smallest absolute Gasteiger partial charge is 0.243 e. The zero-order valence-corrected chi connectivity index (χ0v) is 14.3. The van der Waals surface area contributed by atoms with Crippen molar-refractivity contribution in [2.24, 2.45) is 17.4 Å². The average Bonchev–Trinajstić information content (AvgIpc) is 2.52. The summed E-state index contributed by atoms with van der Waals surface area (Å²) in [6.07, 6.45) is 2.00. The van der Waals surface area contributed by atoms with Crippen LogP contribution in [0.25, 0.3) is 0 Å². The molecule has 3 atom stereocenters. The lowest BCUT2D eigenvalue weighted by Crippen LogP contribution is -2.55. The van der Waals surface area contributed by atoms with Crippen LogP contribution in [0.5, 0.6) is 0 Å². The van der Waals surface area contributed by atoms with Gasteiger partial charge in [0.1, 0.15) is 18.4 Å². The van der Waals surface area contributed by atoms with E-state index in [1.165, 1.54) is 0 Å². The number of hydrogen-bond acceptors (Lipinski definition) is 6. The minimum Gasteiger partial charge on any atom is -0.347 e. The lowest BCUT2D eigenvalue weighted by atomic mass is 10.0. The third-order valence-electron chi connectivity index (χ3n) is 3.35. The summed E-state index contributed by atoms with van der Waals surface area (Å²) in [6.45, 7) is 4.25. The average molecular weight is 343 g/mol. The highest BCUT2D eigenvalue weighted by molar-refractivity contribution is 5.91. The van der Waals surface area contributed by atoms with Gasteiger partial charge in [0.05, 0.1) is 6.04 Å². The molecular formula is C15H29N5O4. The van der Waals surface area contributed by atoms with Crippen LogP contribution in [-0.4, -0.2) is 55.7 Å². The van der Waals surface area contributed by atoms with Gasteiger partial charge in [-0.05, 0) is 38.3 Å². The lowest BCUT2D eigenvalue weighted by Gasteiger charge is -2.23. The monoisotopic (exact) mass is 343 g/mol. The number of hydrogen-bond donors (Lipinski definition) is 5. The third-order valence-corrected chi connectivity index (χ3v) is 3.35. The van der Waals surface area contributed by atoms with Gasteiger partial charge >= 0.3 is 0 Å². The summed E-state index contributed by atoms with van der Waals surface area (Å²) in [5.74, 6) is -0.793. The van der Waals surface area contributed by atoms with Gasteiger partial charge in [-0.25, -0.2) is 0 Å². The molecule has 0 heterocycles. The van der Waals surface area contributed by atoms with Crippen molar-refractivity contribution in [3.63, 3.8) is 0 Å². The molecule has 3 amide bonds. The fourth-order valence-corrected chi connectivity index (χ4v) is 2.15. The molecule has 0 radical (unpaired) electrons. The molecule has 24 heavy (non-hydrogen) atoms. The minimum atomic E-state index is -0.883. The molecule has 9 heteroatoms. The summed E-state index contributed by atoms with van der Waals surface area (Å²) in [7, 11) is 0. The van der Waals surface area contributed by atoms with Crippen LogP contribution in [0.2, 0.25) is 0 Å². The van der Waals surface area contributed by atoms with Crippen molar-refractivity contribution in [2.75, 3.05) is 13.1 Å². The molecule has 0 spiro atoms. The molecule has 0 rings (SSSR count). The minimum absolute atomic E-state index is 0.178. The van der Waals surface area contributed by atoms with Gasteiger partial charge in [0.15, 0.2) is 0 Å². The third kappa shape index (κ3) is 8.59. The fraction of sp³-hybridized carbons (Fsp3) is 0.733. The van der Waals surface area contributed by atoms with Crippen LogP contribution in [0.15, 0.2) is 0 Å². The van der Waals surface area contributed by atoms with Crippen LogP contribution in [0, 0.1) is 5.92 Å². The largest absolute Gasteiger partial charge is 0.347 e. The summed E-state index contributed by atoms with van der Waals surface area (Å²) in [5, 5.41) is 7.55. The second kappa shape index (κ2) is 12.4. The first kappa shape index (κ1) is 22.0. The maximum atomic E-state index is 12.3. The van der Waals surface area contributed by atoms with E-state index in [1.54, 1.807) is 0 Å². The standard InChI is InChI=1S/C15H29N5O4/c1-10(2)7-13(18-9-22)15(24)20-12(4-6-17)14(23)19-11(8-21)3-5-16/h8-13H,3-7,16-17H2,1-2H3,(H,18,22)(H,19,23)(H,20,24). The van der Waals surface area contributed by atoms with Gasteiger partial charge in [0, 0.05) is 0 Å². The van der Waals surface area contributed by atoms with Crippen molar-refractivity contribution < 1.29 is 19.2 Å². The lowest BCUT2D eigenvalue weighted by molar-refractivity contribution is -0.131. The SMILES string of the molecule is CC(C)CC(NC=O)C(=O)NC(CCN)C(=O)NC(C=O)CCN. The zero-order chi connectivity index (χ0) is 18.5. The molecule has 0 aliphatic carbocycles. The van der Waals surface area contributed by atoms with Crippen molar-refractivity contribution in [2.45, 2.75) is 51.2 Å². The molecule has 0 saturated heterocycles. The summed E-state index contributed by atoms with van der Waals surface area (Å²) >= 11 is 0. The van der Waals surface area contributed by atoms with E-state index in [0.717, 1.165) is 0 Å². The van der Waals surface area contributed by atoms with E-state index in [1.807, 2.05) is 13.8 Å². The normalized spacial score (nSPS) is 14.4. The van der Waals surface area contributed by atoms with Crippen LogP contribution >= 0.6 is 0 Å². The van der Waals surface area contributed by atoms with Gasteiger partial charge in [-0.3, -0.25) is 14.4 Å². The molecule has 0 bridgehead atoms. The first-order chi connectivity index (χ1) is 11.4. The molecule has 0 aromatic carbocycles. The molecule has 0 aromatic rings. The Labute approximate surface area is 142 Å². The van der Waals surface area contributed by atoms with Gasteiger partial charge in [0.2, 0.25) is 18.2 Å². The van der Waals surface area contributed by atoms with Crippen LogP contribution in [0.3, 0.4) is 0 Å². The van der Waals surface area contributed by atoms with Crippen molar-refractivity contribution >= 4 is 24.5 Å². The summed E-state index contributed by atoms with van der Waals surface area (Å²) < 4.78 is 0. The Morgan fingerprint density at radius 2 is 1.54 bits per heavy atom. The Hall–Kier alpha value is -2.00. The maximum Gasteiger partial charge on any atom is 0.243 e. The second-order valence-corrected chi connectivity index (χ2v) is 5.93. The fourth-order valence-electron chi connectivity index (χ4n) is 2.15. The Bertz CT molecular complexity index is 417. The van der Waals surface area contributed by atoms with E-state index in [4.69, 9.17) is 11.5 Å². The number of nitrogens with one attached hydrogen (secondary N) is 3. The van der Waals surface area contributed by atoms with Gasteiger partial charge in [-0.15, -0.1) is 0 Å². The number of aldehydes is 1. The van der Waals surface area contributed by atoms with E-state index in [0.29, 0.717) is 25.5 Å². The van der Waals surface area contributed by atoms with E-state index in [2.05, 4.69) is 16.0 Å². The predicted molar refractivity (Wildman–Crippen MR) is 89.7 cm³/mol. The van der Waals surface area contributed by atoms with Crippen molar-refractivity contribution in [3.8, 4) is 0 Å². The van der Waals surface area contributed by atoms with Crippen LogP contribution in [0.4, 0.5) is 0 Å². The molecule has 0 aliphatic heterocycles. The van der Waals surface area contributed by atoms with E-state index in [9.17, 15) is 19.2 Å². The van der Waals surface area contributed by atoms with Gasteiger partial charge < -0.3 is 32.2 Å². The number of nitrogens with two attached hydrogens (primary N) is 2. The topological polar surface area (TPSA) is 156 Å². The van der Waals surface area contributed by atoms with Crippen molar-refractivity contribution in [3.05, 3.63) is 0 Å². The number of carbonyl (C=O) groups is 4. The molecule has 0 saturated carbocycles. The summed E-state index contributed by atoms with van der Waals surface area (Å²) in [5.41, 5.74) is 10.9. The van der Waals surface area contributed by atoms with Crippen molar-refractivity contribution in [1.82, 2.24) is 16.0 Å². The molecule has 3 unspecified atom stereocenters. The molecule has 7 N–H and O–H groups in total. The second-order valence-electron chi connectivity index (χ2n) is 5.93. The maximum absolute atomic E-state index is 12.3. The Morgan fingerprint density at radius 1 is 0.958 bits per heavy atom. The Morgan fingerprint density at radius 3 is 2.00 bits per heavy atom. The number of rotatable bonds is 13. The van der Waals surface area contributed by atoms with Gasteiger partial charge in [-0.1, -0.05) is 13.8 Å². The molecule has 138 valence electrons. The molecule has 0 aliphatic rings. The first-order valence-corrected chi connectivity index (χ1v) is 8.05. The van der Waals surface area contributed by atoms with E-state index < -0.39 is 29.9 Å². The van der Waals surface area contributed by atoms with E-state index >= 15 is 0 Å². The number of amides is 3. The van der Waals surface area contributed by atoms with Gasteiger partial charge in [0.25, 0.3) is 0 Å². The quantitative estimate of drug-likeness (QED) is 0.244. The molecule has 0 aromatic heterocycles. The Kier molecular flexibility index (Phi) is 11.4. The highest BCUT2D eigenvalue weighted by atomic mass is 16.2. The first-order valence-electron chi connectivity index (χ1n) is 8.05. The highest BCUT2D eigenvalue weighted by Gasteiger charge is 2.26. The molecule has 0 fully saturated rings. The zero-order valence-electron chi connectivity index (χ0n) is 14.3. The summed E-state index contributed by atoms with van der Waals surface area (Å²) in [6, 6.07) is -2.33. The molecular weight excluding hydrogens is 314 g/mol. The highest BCUT2D eigenvalue weighted by Crippen LogP contribution is 2.05. The Balaban J connectivity index is 4.89. The summed E-state index contributed by atoms with van der Waals surface area (Å²) in [4.78, 5) is 46.1. The predicted octanol–water partition coefficient (Wildman–Crippen LogP) is -1.99. The van der Waals surface area contributed by atoms with Crippen LogP contribution < -0.4 is 27.4 Å². The van der Waals surface area contributed by atoms with Crippen molar-refractivity contribution in [1.29, 1.82) is 0 Å². The molecule has 9 nitrogen and oxygen atoms in total. The van der Waals surface area contributed by atoms with Crippen LogP contribution in [-0.2, 0) is 19.2 Å². The van der Waals surface area contributed by atoms with Crippen LogP contribution in [0.1, 0.15) is 33.1 Å². The number of carbonyl (C=O) groups excluding carboxylic acids is 4. The van der Waals surface area contributed by atoms with Gasteiger partial charge in [-0.2, -0.15) is 0 Å². The van der Waals surface area contributed by atoms with E-state index in [-0.39, 0.29) is 25.4 Å².